The minimum atomic E-state index is -0.289. The highest BCUT2D eigenvalue weighted by Crippen LogP contribution is 2.43. The minimum Gasteiger partial charge on any atom is -0.368 e. The number of aromatic nitrogens is 4. The normalized spacial score (nSPS) is 23.9. The van der Waals surface area contributed by atoms with Crippen LogP contribution in [0.2, 0.25) is 0 Å². The van der Waals surface area contributed by atoms with E-state index in [4.69, 9.17) is 5.73 Å². The summed E-state index contributed by atoms with van der Waals surface area (Å²) in [6, 6.07) is 0.752. The number of thioether (sulfide) groups is 1. The molecule has 2 fully saturated rings. The molecule has 10 nitrogen and oxygen atoms in total. The Morgan fingerprint density at radius 1 is 1.21 bits per heavy atom. The zero-order chi connectivity index (χ0) is 26.4. The van der Waals surface area contributed by atoms with Gasteiger partial charge < -0.3 is 21.3 Å². The van der Waals surface area contributed by atoms with Gasteiger partial charge in [-0.1, -0.05) is 32.0 Å². The highest BCUT2D eigenvalue weighted by molar-refractivity contribution is 8.02. The number of anilines is 1. The molecule has 0 saturated carbocycles. The quantitative estimate of drug-likeness (QED) is 0.529. The van der Waals surface area contributed by atoms with Crippen LogP contribution in [0.25, 0.3) is 11.4 Å². The summed E-state index contributed by atoms with van der Waals surface area (Å²) in [4.78, 5) is 27.4. The summed E-state index contributed by atoms with van der Waals surface area (Å²) >= 11 is 1.61. The summed E-state index contributed by atoms with van der Waals surface area (Å²) in [6.45, 7) is 10.00. The van der Waals surface area contributed by atoms with Crippen molar-refractivity contribution in [2.75, 3.05) is 38.5 Å². The van der Waals surface area contributed by atoms with Crippen LogP contribution >= 0.6 is 11.8 Å². The van der Waals surface area contributed by atoms with Crippen molar-refractivity contribution in [3.8, 4) is 11.4 Å². The standard InChI is InChI=1S/C27H39N9OS/c1-27(2)13-17-14-29-25(28)31-21(17)23-20(27)22(33-34(23)3)24(37)32-26-30-18(16-38-26)15-35-11-7-19(8-12-35)36-9-5-4-6-10-36/h14,16,19,26,30H,4-13,15H2,1-3H3,(H,32,37)(H2,28,29,31). The summed E-state index contributed by atoms with van der Waals surface area (Å²) < 4.78 is 1.75. The van der Waals surface area contributed by atoms with Gasteiger partial charge >= 0.3 is 0 Å². The Morgan fingerprint density at radius 2 is 1.97 bits per heavy atom. The van der Waals surface area contributed by atoms with Crippen molar-refractivity contribution < 1.29 is 4.79 Å². The number of nitrogens with two attached hydrogens (primary N) is 1. The number of rotatable bonds is 5. The molecule has 2 saturated heterocycles. The molecule has 204 valence electrons. The van der Waals surface area contributed by atoms with E-state index in [1.54, 1.807) is 22.6 Å². The Hall–Kier alpha value is -2.63. The van der Waals surface area contributed by atoms with Gasteiger partial charge in [-0.25, -0.2) is 9.97 Å². The summed E-state index contributed by atoms with van der Waals surface area (Å²) in [7, 11) is 1.86. The molecule has 0 radical (unpaired) electrons. The monoisotopic (exact) mass is 537 g/mol. The van der Waals surface area contributed by atoms with Crippen LogP contribution < -0.4 is 16.4 Å². The van der Waals surface area contributed by atoms with Crippen molar-refractivity contribution >= 4 is 23.6 Å². The number of carbonyl (C=O) groups excluding carboxylic acids is 1. The van der Waals surface area contributed by atoms with E-state index >= 15 is 0 Å². The van der Waals surface area contributed by atoms with Crippen LogP contribution in [0.5, 0.6) is 0 Å². The molecule has 0 spiro atoms. The molecule has 1 aliphatic carbocycles. The van der Waals surface area contributed by atoms with Crippen molar-refractivity contribution in [1.29, 1.82) is 0 Å². The Bertz CT molecular complexity index is 1240. The topological polar surface area (TPSA) is 117 Å². The predicted octanol–water partition coefficient (Wildman–Crippen LogP) is 2.43. The van der Waals surface area contributed by atoms with Crippen LogP contribution in [0.3, 0.4) is 0 Å². The smallest absolute Gasteiger partial charge is 0.274 e. The Kier molecular flexibility index (Phi) is 6.86. The number of likely N-dealkylation sites (tertiary alicyclic amines) is 2. The van der Waals surface area contributed by atoms with Gasteiger partial charge in [-0.3, -0.25) is 14.4 Å². The van der Waals surface area contributed by atoms with Gasteiger partial charge in [0, 0.05) is 50.2 Å². The number of hydrogen-bond acceptors (Lipinski definition) is 9. The first-order valence-electron chi connectivity index (χ1n) is 13.9. The van der Waals surface area contributed by atoms with Gasteiger partial charge in [0.2, 0.25) is 5.95 Å². The number of fused-ring (bicyclic) bond motifs is 3. The van der Waals surface area contributed by atoms with Crippen molar-refractivity contribution in [1.82, 2.24) is 40.2 Å². The molecule has 4 N–H and O–H groups in total. The first-order chi connectivity index (χ1) is 18.3. The number of piperidine rings is 2. The van der Waals surface area contributed by atoms with E-state index in [1.165, 1.54) is 50.9 Å². The highest BCUT2D eigenvalue weighted by Gasteiger charge is 2.40. The maximum Gasteiger partial charge on any atom is 0.274 e. The maximum atomic E-state index is 13.5. The fourth-order valence-electron chi connectivity index (χ4n) is 6.61. The molecule has 1 unspecified atom stereocenters. The van der Waals surface area contributed by atoms with Gasteiger partial charge in [0.15, 0.2) is 11.2 Å². The lowest BCUT2D eigenvalue weighted by Crippen LogP contribution is -2.48. The molecule has 5 heterocycles. The SMILES string of the molecule is Cn1nc(C(=O)NC2NC(CN3CCC(N4CCCCC4)CC3)=CS2)c2c1-c1nc(N)ncc1CC2(C)C. The van der Waals surface area contributed by atoms with Gasteiger partial charge in [-0.05, 0) is 61.6 Å². The first-order valence-corrected chi connectivity index (χ1v) is 14.8. The third kappa shape index (κ3) is 4.91. The fourth-order valence-corrected chi connectivity index (χ4v) is 7.45. The van der Waals surface area contributed by atoms with Crippen LogP contribution in [0, 0.1) is 0 Å². The van der Waals surface area contributed by atoms with Crippen LogP contribution in [-0.2, 0) is 18.9 Å². The van der Waals surface area contributed by atoms with E-state index in [-0.39, 0.29) is 22.8 Å². The van der Waals surface area contributed by atoms with Crippen LogP contribution in [0.4, 0.5) is 5.95 Å². The second kappa shape index (κ2) is 10.2. The summed E-state index contributed by atoms with van der Waals surface area (Å²) in [5.74, 6) is 0.0462. The van der Waals surface area contributed by atoms with Crippen molar-refractivity contribution in [3.63, 3.8) is 0 Å². The lowest BCUT2D eigenvalue weighted by atomic mass is 9.73. The van der Waals surface area contributed by atoms with Gasteiger partial charge in [-0.2, -0.15) is 5.10 Å². The molecule has 3 aliphatic heterocycles. The van der Waals surface area contributed by atoms with Crippen molar-refractivity contribution in [2.45, 2.75) is 69.3 Å². The molecule has 4 aliphatic rings. The zero-order valence-electron chi connectivity index (χ0n) is 22.7. The minimum absolute atomic E-state index is 0.178. The first kappa shape index (κ1) is 25.6. The van der Waals surface area contributed by atoms with E-state index in [0.29, 0.717) is 5.69 Å². The largest absolute Gasteiger partial charge is 0.368 e. The van der Waals surface area contributed by atoms with Gasteiger partial charge in [0.1, 0.15) is 0 Å². The molecule has 6 rings (SSSR count). The molecular formula is C27H39N9OS. The van der Waals surface area contributed by atoms with Crippen molar-refractivity contribution in [2.24, 2.45) is 7.05 Å². The number of nitrogens with zero attached hydrogens (tertiary/aromatic N) is 6. The van der Waals surface area contributed by atoms with Gasteiger partial charge in [0.25, 0.3) is 5.91 Å². The highest BCUT2D eigenvalue weighted by atomic mass is 32.2. The number of carbonyl (C=O) groups is 1. The lowest BCUT2D eigenvalue weighted by molar-refractivity contribution is 0.0931. The van der Waals surface area contributed by atoms with E-state index in [9.17, 15) is 4.79 Å². The number of nitrogen functional groups attached to an aromatic ring is 1. The zero-order valence-corrected chi connectivity index (χ0v) is 23.5. The van der Waals surface area contributed by atoms with Gasteiger partial charge in [0.05, 0.1) is 11.4 Å². The number of nitrogens with one attached hydrogen (secondary N) is 2. The summed E-state index contributed by atoms with van der Waals surface area (Å²) in [6.07, 6.45) is 9.12. The van der Waals surface area contributed by atoms with Crippen LogP contribution in [0.1, 0.15) is 67.6 Å². The van der Waals surface area contributed by atoms with Crippen molar-refractivity contribution in [3.05, 3.63) is 34.1 Å². The summed E-state index contributed by atoms with van der Waals surface area (Å²) in [5.41, 5.74) is 10.6. The lowest BCUT2D eigenvalue weighted by Gasteiger charge is -2.40. The van der Waals surface area contributed by atoms with E-state index in [0.717, 1.165) is 54.6 Å². The molecule has 1 atom stereocenters. The average molecular weight is 538 g/mol. The third-order valence-electron chi connectivity index (χ3n) is 8.46. The third-order valence-corrected chi connectivity index (χ3v) is 9.39. The average Bonchev–Trinajstić information content (AvgIpc) is 3.50. The van der Waals surface area contributed by atoms with Gasteiger partial charge in [-0.15, -0.1) is 0 Å². The molecular weight excluding hydrogens is 498 g/mol. The van der Waals surface area contributed by atoms with E-state index in [2.05, 4.69) is 54.8 Å². The maximum absolute atomic E-state index is 13.5. The molecule has 2 aromatic heterocycles. The molecule has 38 heavy (non-hydrogen) atoms. The number of aryl methyl sites for hydroxylation is 1. The fraction of sp³-hybridized carbons (Fsp3) is 0.630. The Balaban J connectivity index is 1.07. The Labute approximate surface area is 228 Å². The molecule has 0 bridgehead atoms. The van der Waals surface area contributed by atoms with E-state index < -0.39 is 0 Å². The predicted molar refractivity (Wildman–Crippen MR) is 150 cm³/mol. The van der Waals surface area contributed by atoms with Crippen LogP contribution in [0.15, 0.2) is 17.3 Å². The van der Waals surface area contributed by atoms with Crippen LogP contribution in [-0.4, -0.2) is 79.7 Å². The molecule has 0 aromatic carbocycles. The second-order valence-electron chi connectivity index (χ2n) is 11.7. The Morgan fingerprint density at radius 3 is 2.74 bits per heavy atom. The molecule has 11 heteroatoms. The van der Waals surface area contributed by atoms with E-state index in [1.807, 2.05) is 7.05 Å². The molecule has 2 aromatic rings. The molecule has 1 amide bonds. The summed E-state index contributed by atoms with van der Waals surface area (Å²) in [5, 5.41) is 13.5. The number of amides is 1. The second-order valence-corrected chi connectivity index (χ2v) is 12.7. The number of hydrogen-bond donors (Lipinski definition) is 3.